The van der Waals surface area contributed by atoms with Crippen LogP contribution in [-0.2, 0) is 13.8 Å². The molecule has 0 saturated carbocycles. The second-order valence-corrected chi connectivity index (χ2v) is 7.55. The van der Waals surface area contributed by atoms with E-state index in [2.05, 4.69) is 5.32 Å². The first-order chi connectivity index (χ1) is 9.79. The fourth-order valence-corrected chi connectivity index (χ4v) is 2.96. The Kier molecular flexibility index (Phi) is 4.85. The van der Waals surface area contributed by atoms with E-state index >= 15 is 0 Å². The van der Waals surface area contributed by atoms with E-state index in [0.29, 0.717) is 19.8 Å². The molecule has 1 N–H and O–H groups in total. The molecule has 1 atom stereocenters. The van der Waals surface area contributed by atoms with Crippen LogP contribution in [0.2, 0.25) is 0 Å². The van der Waals surface area contributed by atoms with Crippen LogP contribution in [-0.4, -0.2) is 34.1 Å². The van der Waals surface area contributed by atoms with Gasteiger partial charge in [-0.25, -0.2) is 12.8 Å². The fraction of sp³-hybridized carbons (Fsp3) is 0.462. The van der Waals surface area contributed by atoms with Crippen molar-refractivity contribution >= 4 is 25.6 Å². The fourth-order valence-electron chi connectivity index (χ4n) is 2.12. The van der Waals surface area contributed by atoms with Gasteiger partial charge >= 0.3 is 0 Å². The van der Waals surface area contributed by atoms with E-state index in [1.165, 1.54) is 6.92 Å². The molecule has 0 spiro atoms. The molecule has 2 rings (SSSR count). The summed E-state index contributed by atoms with van der Waals surface area (Å²) in [5, 5.41) is 2.59. The molecule has 1 amide bonds. The number of halogens is 2. The molecule has 5 nitrogen and oxygen atoms in total. The number of amides is 1. The highest BCUT2D eigenvalue weighted by Gasteiger charge is 2.22. The van der Waals surface area contributed by atoms with Crippen LogP contribution in [0.15, 0.2) is 17.0 Å². The number of carbonyl (C=O) groups excluding carboxylic acids is 1. The summed E-state index contributed by atoms with van der Waals surface area (Å²) < 4.78 is 41.8. The first-order valence-electron chi connectivity index (χ1n) is 6.40. The summed E-state index contributed by atoms with van der Waals surface area (Å²) in [6.07, 6.45) is 0.831. The molecule has 116 valence electrons. The number of ether oxygens (including phenoxy) is 1. The summed E-state index contributed by atoms with van der Waals surface area (Å²) in [5.41, 5.74) is -0.279. The molecule has 1 heterocycles. The number of nitrogens with one attached hydrogen (secondary N) is 1. The van der Waals surface area contributed by atoms with Crippen molar-refractivity contribution < 1.29 is 22.3 Å². The SMILES string of the molecule is Cc1cc(S(=O)(=O)Cl)cc(C(=O)NCC2CCOC2)c1F. The normalized spacial score (nSPS) is 18.7. The van der Waals surface area contributed by atoms with Crippen molar-refractivity contribution in [1.82, 2.24) is 5.32 Å². The van der Waals surface area contributed by atoms with E-state index in [-0.39, 0.29) is 21.9 Å². The van der Waals surface area contributed by atoms with Gasteiger partial charge in [-0.1, -0.05) is 0 Å². The van der Waals surface area contributed by atoms with Gasteiger partial charge in [-0.3, -0.25) is 4.79 Å². The standard InChI is InChI=1S/C13H15ClFNO4S/c1-8-4-10(21(14,18)19)5-11(12(8)15)13(17)16-6-9-2-3-20-7-9/h4-5,9H,2-3,6-7H2,1H3,(H,16,17). The molecule has 0 bridgehead atoms. The lowest BCUT2D eigenvalue weighted by atomic mass is 10.1. The highest BCUT2D eigenvalue weighted by molar-refractivity contribution is 8.13. The predicted molar refractivity (Wildman–Crippen MR) is 75.4 cm³/mol. The summed E-state index contributed by atoms with van der Waals surface area (Å²) in [6.45, 7) is 2.93. The molecule has 0 radical (unpaired) electrons. The van der Waals surface area contributed by atoms with Gasteiger partial charge < -0.3 is 10.1 Å². The molecule has 1 aliphatic heterocycles. The van der Waals surface area contributed by atoms with Crippen LogP contribution in [0.4, 0.5) is 4.39 Å². The van der Waals surface area contributed by atoms with E-state index < -0.39 is 20.8 Å². The van der Waals surface area contributed by atoms with Gasteiger partial charge in [0.05, 0.1) is 17.1 Å². The van der Waals surface area contributed by atoms with Gasteiger partial charge in [0.25, 0.3) is 15.0 Å². The Labute approximate surface area is 126 Å². The second-order valence-electron chi connectivity index (χ2n) is 4.98. The Balaban J connectivity index is 2.21. The molecule has 0 aromatic heterocycles. The molecule has 21 heavy (non-hydrogen) atoms. The zero-order chi connectivity index (χ0) is 15.6. The van der Waals surface area contributed by atoms with Crippen LogP contribution in [0.5, 0.6) is 0 Å². The van der Waals surface area contributed by atoms with Crippen LogP contribution >= 0.6 is 10.7 Å². The van der Waals surface area contributed by atoms with E-state index in [1.54, 1.807) is 0 Å². The summed E-state index contributed by atoms with van der Waals surface area (Å²) in [5.74, 6) is -1.22. The Morgan fingerprint density at radius 2 is 2.24 bits per heavy atom. The van der Waals surface area contributed by atoms with E-state index in [0.717, 1.165) is 18.6 Å². The molecular formula is C13H15ClFNO4S. The zero-order valence-electron chi connectivity index (χ0n) is 11.4. The van der Waals surface area contributed by atoms with E-state index in [1.807, 2.05) is 0 Å². The molecule has 1 saturated heterocycles. The molecule has 1 aliphatic rings. The lowest BCUT2D eigenvalue weighted by molar-refractivity contribution is 0.0940. The van der Waals surface area contributed by atoms with Gasteiger partial charge in [0.2, 0.25) is 0 Å². The number of hydrogen-bond acceptors (Lipinski definition) is 4. The minimum absolute atomic E-state index is 0.0473. The van der Waals surface area contributed by atoms with Gasteiger partial charge in [-0.15, -0.1) is 0 Å². The maximum atomic E-state index is 14.0. The second kappa shape index (κ2) is 6.29. The van der Waals surface area contributed by atoms with Crippen molar-refractivity contribution in [3.63, 3.8) is 0 Å². The minimum Gasteiger partial charge on any atom is -0.381 e. The lowest BCUT2D eigenvalue weighted by Gasteiger charge is -2.11. The Hall–Kier alpha value is -1.18. The quantitative estimate of drug-likeness (QED) is 0.852. The summed E-state index contributed by atoms with van der Waals surface area (Å²) in [4.78, 5) is 11.7. The van der Waals surface area contributed by atoms with Crippen molar-refractivity contribution in [1.29, 1.82) is 0 Å². The Bertz CT molecular complexity index is 656. The average molecular weight is 336 g/mol. The molecular weight excluding hydrogens is 321 g/mol. The first kappa shape index (κ1) is 16.2. The monoisotopic (exact) mass is 335 g/mol. The van der Waals surface area contributed by atoms with Crippen LogP contribution in [0.25, 0.3) is 0 Å². The van der Waals surface area contributed by atoms with Gasteiger partial charge in [-0.2, -0.15) is 0 Å². The van der Waals surface area contributed by atoms with Crippen LogP contribution < -0.4 is 5.32 Å². The van der Waals surface area contributed by atoms with E-state index in [4.69, 9.17) is 15.4 Å². The Morgan fingerprint density at radius 1 is 1.52 bits per heavy atom. The Morgan fingerprint density at radius 3 is 2.81 bits per heavy atom. The van der Waals surface area contributed by atoms with E-state index in [9.17, 15) is 17.6 Å². The third kappa shape index (κ3) is 3.93. The number of aryl methyl sites for hydroxylation is 1. The summed E-state index contributed by atoms with van der Waals surface area (Å²) in [7, 11) is 1.22. The molecule has 8 heteroatoms. The molecule has 1 aromatic carbocycles. The van der Waals surface area contributed by atoms with Gasteiger partial charge in [-0.05, 0) is 31.0 Å². The average Bonchev–Trinajstić information content (AvgIpc) is 2.91. The third-order valence-corrected chi connectivity index (χ3v) is 4.66. The molecule has 1 unspecified atom stereocenters. The topological polar surface area (TPSA) is 72.5 Å². The highest BCUT2D eigenvalue weighted by atomic mass is 35.7. The van der Waals surface area contributed by atoms with Gasteiger partial charge in [0.1, 0.15) is 5.82 Å². The lowest BCUT2D eigenvalue weighted by Crippen LogP contribution is -2.30. The number of benzene rings is 1. The number of carbonyl (C=O) groups is 1. The maximum absolute atomic E-state index is 14.0. The number of hydrogen-bond donors (Lipinski definition) is 1. The smallest absolute Gasteiger partial charge is 0.261 e. The number of rotatable bonds is 4. The van der Waals surface area contributed by atoms with Crippen molar-refractivity contribution in [3.05, 3.63) is 29.1 Å². The van der Waals surface area contributed by atoms with Crippen molar-refractivity contribution in [2.75, 3.05) is 19.8 Å². The van der Waals surface area contributed by atoms with Gasteiger partial charge in [0.15, 0.2) is 0 Å². The van der Waals surface area contributed by atoms with Gasteiger partial charge in [0, 0.05) is 29.8 Å². The van der Waals surface area contributed by atoms with Crippen molar-refractivity contribution in [2.45, 2.75) is 18.2 Å². The van der Waals surface area contributed by atoms with Crippen LogP contribution in [0.1, 0.15) is 22.3 Å². The third-order valence-electron chi connectivity index (χ3n) is 3.33. The molecule has 1 aromatic rings. The predicted octanol–water partition coefficient (Wildman–Crippen LogP) is 1.83. The van der Waals surface area contributed by atoms with Crippen molar-refractivity contribution in [3.8, 4) is 0 Å². The van der Waals surface area contributed by atoms with Crippen LogP contribution in [0, 0.1) is 18.7 Å². The maximum Gasteiger partial charge on any atom is 0.261 e. The van der Waals surface area contributed by atoms with Crippen LogP contribution in [0.3, 0.4) is 0 Å². The minimum atomic E-state index is -4.02. The largest absolute Gasteiger partial charge is 0.381 e. The molecule has 1 fully saturated rings. The highest BCUT2D eigenvalue weighted by Crippen LogP contribution is 2.22. The van der Waals surface area contributed by atoms with Crippen molar-refractivity contribution in [2.24, 2.45) is 5.92 Å². The first-order valence-corrected chi connectivity index (χ1v) is 8.70. The molecule has 0 aliphatic carbocycles. The summed E-state index contributed by atoms with van der Waals surface area (Å²) >= 11 is 0. The zero-order valence-corrected chi connectivity index (χ0v) is 12.9. The summed E-state index contributed by atoms with van der Waals surface area (Å²) in [6, 6.07) is 2.05.